The Labute approximate surface area is 143 Å². The van der Waals surface area contributed by atoms with E-state index in [1.54, 1.807) is 6.92 Å². The Morgan fingerprint density at radius 3 is 2.62 bits per heavy atom. The maximum absolute atomic E-state index is 12.5. The molecule has 0 aliphatic carbocycles. The van der Waals surface area contributed by atoms with Gasteiger partial charge in [-0.3, -0.25) is 9.59 Å². The van der Waals surface area contributed by atoms with Crippen molar-refractivity contribution in [3.05, 3.63) is 35.9 Å². The lowest BCUT2D eigenvalue weighted by Crippen LogP contribution is -2.54. The number of benzene rings is 1. The summed E-state index contributed by atoms with van der Waals surface area (Å²) in [4.78, 5) is 25.7. The molecule has 2 amide bonds. The lowest BCUT2D eigenvalue weighted by molar-refractivity contribution is -0.144. The molecule has 1 aromatic carbocycles. The van der Waals surface area contributed by atoms with E-state index in [0.29, 0.717) is 13.0 Å². The second kappa shape index (κ2) is 7.34. The van der Waals surface area contributed by atoms with Crippen LogP contribution in [0.5, 0.6) is 0 Å². The van der Waals surface area contributed by atoms with Gasteiger partial charge in [0.1, 0.15) is 0 Å². The average molecular weight is 330 g/mol. The predicted molar refractivity (Wildman–Crippen MR) is 91.5 cm³/mol. The number of carbonyl (C=O) groups is 2. The van der Waals surface area contributed by atoms with Crippen LogP contribution in [0.3, 0.4) is 0 Å². The van der Waals surface area contributed by atoms with Crippen LogP contribution < -0.4 is 5.32 Å². The van der Waals surface area contributed by atoms with Gasteiger partial charge < -0.3 is 15.0 Å². The first-order chi connectivity index (χ1) is 11.6. The molecule has 2 aliphatic heterocycles. The van der Waals surface area contributed by atoms with E-state index in [0.717, 1.165) is 44.3 Å². The lowest BCUT2D eigenvalue weighted by Gasteiger charge is -2.46. The van der Waals surface area contributed by atoms with E-state index in [9.17, 15) is 9.59 Å². The van der Waals surface area contributed by atoms with Crippen LogP contribution in [0.4, 0.5) is 0 Å². The quantitative estimate of drug-likeness (QED) is 0.921. The van der Waals surface area contributed by atoms with Gasteiger partial charge in [0.05, 0.1) is 12.0 Å². The van der Waals surface area contributed by atoms with Crippen molar-refractivity contribution in [2.75, 3.05) is 19.7 Å². The number of likely N-dealkylation sites (tertiary alicyclic amines) is 1. The summed E-state index contributed by atoms with van der Waals surface area (Å²) < 4.78 is 6.08. The largest absolute Gasteiger partial charge is 0.375 e. The minimum Gasteiger partial charge on any atom is -0.375 e. The van der Waals surface area contributed by atoms with Crippen LogP contribution in [-0.4, -0.2) is 48.1 Å². The van der Waals surface area contributed by atoms with Gasteiger partial charge in [0.25, 0.3) is 0 Å². The van der Waals surface area contributed by atoms with Crippen LogP contribution in [0, 0.1) is 0 Å². The van der Waals surface area contributed by atoms with Crippen molar-refractivity contribution in [1.82, 2.24) is 10.2 Å². The Balaban J connectivity index is 1.53. The van der Waals surface area contributed by atoms with Crippen LogP contribution in [-0.2, 0) is 20.7 Å². The Morgan fingerprint density at radius 2 is 1.96 bits per heavy atom. The highest BCUT2D eigenvalue weighted by molar-refractivity contribution is 5.78. The molecular formula is C19H26N2O3. The third kappa shape index (κ3) is 4.15. The Bertz CT molecular complexity index is 580. The zero-order chi connectivity index (χ0) is 17.0. The molecule has 1 atom stereocenters. The van der Waals surface area contributed by atoms with Crippen LogP contribution in [0.15, 0.2) is 30.3 Å². The molecule has 0 radical (unpaired) electrons. The fraction of sp³-hybridized carbons (Fsp3) is 0.579. The summed E-state index contributed by atoms with van der Waals surface area (Å²) in [5.41, 5.74) is 0.886. The lowest BCUT2D eigenvalue weighted by atomic mass is 9.82. The van der Waals surface area contributed by atoms with Gasteiger partial charge in [-0.05, 0) is 31.2 Å². The van der Waals surface area contributed by atoms with E-state index >= 15 is 0 Å². The number of hydrogen-bond donors (Lipinski definition) is 1. The molecule has 2 heterocycles. The Morgan fingerprint density at radius 1 is 1.25 bits per heavy atom. The molecule has 0 bridgehead atoms. The summed E-state index contributed by atoms with van der Waals surface area (Å²) in [6, 6.07) is 10.1. The minimum absolute atomic E-state index is 0.0209. The summed E-state index contributed by atoms with van der Waals surface area (Å²) in [6.45, 7) is 3.72. The van der Waals surface area contributed by atoms with Crippen molar-refractivity contribution in [3.8, 4) is 0 Å². The number of carbonyl (C=O) groups excluding carboxylic acids is 2. The van der Waals surface area contributed by atoms with Crippen molar-refractivity contribution in [2.45, 2.75) is 50.7 Å². The van der Waals surface area contributed by atoms with E-state index in [-0.39, 0.29) is 23.5 Å². The first-order valence-corrected chi connectivity index (χ1v) is 8.79. The van der Waals surface area contributed by atoms with Crippen molar-refractivity contribution in [3.63, 3.8) is 0 Å². The van der Waals surface area contributed by atoms with E-state index in [2.05, 4.69) is 5.32 Å². The van der Waals surface area contributed by atoms with Gasteiger partial charge in [0.15, 0.2) is 0 Å². The monoisotopic (exact) mass is 330 g/mol. The summed E-state index contributed by atoms with van der Waals surface area (Å²) in [7, 11) is 0. The van der Waals surface area contributed by atoms with E-state index in [4.69, 9.17) is 4.74 Å². The molecule has 0 saturated carbocycles. The van der Waals surface area contributed by atoms with Crippen LogP contribution >= 0.6 is 0 Å². The smallest absolute Gasteiger partial charge is 0.226 e. The topological polar surface area (TPSA) is 58.6 Å². The van der Waals surface area contributed by atoms with E-state index in [1.165, 1.54) is 0 Å². The van der Waals surface area contributed by atoms with Gasteiger partial charge in [-0.1, -0.05) is 30.3 Å². The predicted octanol–water partition coefficient (Wildman–Crippen LogP) is 1.91. The van der Waals surface area contributed by atoms with E-state index < -0.39 is 0 Å². The zero-order valence-electron chi connectivity index (χ0n) is 14.3. The summed E-state index contributed by atoms with van der Waals surface area (Å²) in [6.07, 6.45) is 3.89. The molecule has 5 nitrogen and oxygen atoms in total. The molecule has 130 valence electrons. The highest BCUT2D eigenvalue weighted by Gasteiger charge is 2.41. The SMILES string of the molecule is CC(=O)N[C@H]1CCOC2(CCN(C(=O)Cc3ccccc3)CC2)C1. The molecule has 2 fully saturated rings. The first kappa shape index (κ1) is 17.0. The molecule has 1 aromatic rings. The van der Waals surface area contributed by atoms with Gasteiger partial charge >= 0.3 is 0 Å². The molecule has 2 saturated heterocycles. The Hall–Kier alpha value is -1.88. The molecular weight excluding hydrogens is 304 g/mol. The van der Waals surface area contributed by atoms with Crippen LogP contribution in [0.2, 0.25) is 0 Å². The first-order valence-electron chi connectivity index (χ1n) is 8.79. The second-order valence-electron chi connectivity index (χ2n) is 6.96. The standard InChI is InChI=1S/C19H26N2O3/c1-15(22)20-17-7-12-24-19(14-17)8-10-21(11-9-19)18(23)13-16-5-3-2-4-6-16/h2-6,17H,7-14H2,1H3,(H,20,22)/t17-/m0/s1. The van der Waals surface area contributed by atoms with Crippen molar-refractivity contribution in [2.24, 2.45) is 0 Å². The number of hydrogen-bond acceptors (Lipinski definition) is 3. The third-order valence-electron chi connectivity index (χ3n) is 5.13. The van der Waals surface area contributed by atoms with Gasteiger partial charge in [0.2, 0.25) is 11.8 Å². The van der Waals surface area contributed by atoms with Crippen LogP contribution in [0.25, 0.3) is 0 Å². The Kier molecular flexibility index (Phi) is 5.19. The summed E-state index contributed by atoms with van der Waals surface area (Å²) >= 11 is 0. The third-order valence-corrected chi connectivity index (χ3v) is 5.13. The fourth-order valence-electron chi connectivity index (χ4n) is 3.83. The van der Waals surface area contributed by atoms with Crippen molar-refractivity contribution in [1.29, 1.82) is 0 Å². The van der Waals surface area contributed by atoms with Gasteiger partial charge in [-0.2, -0.15) is 0 Å². The van der Waals surface area contributed by atoms with Crippen LogP contribution in [0.1, 0.15) is 38.2 Å². The molecule has 2 aliphatic rings. The molecule has 24 heavy (non-hydrogen) atoms. The maximum atomic E-state index is 12.5. The number of rotatable bonds is 3. The van der Waals surface area contributed by atoms with Gasteiger partial charge in [-0.15, -0.1) is 0 Å². The molecule has 3 rings (SSSR count). The number of nitrogens with zero attached hydrogens (tertiary/aromatic N) is 1. The summed E-state index contributed by atoms with van der Waals surface area (Å²) in [5, 5.41) is 3.02. The highest BCUT2D eigenvalue weighted by Crippen LogP contribution is 2.35. The maximum Gasteiger partial charge on any atom is 0.226 e. The normalized spacial score (nSPS) is 23.0. The fourth-order valence-corrected chi connectivity index (χ4v) is 3.83. The molecule has 0 aromatic heterocycles. The molecule has 0 unspecified atom stereocenters. The number of nitrogens with one attached hydrogen (secondary N) is 1. The number of ether oxygens (including phenoxy) is 1. The minimum atomic E-state index is -0.172. The second-order valence-corrected chi connectivity index (χ2v) is 6.96. The van der Waals surface area contributed by atoms with Gasteiger partial charge in [-0.25, -0.2) is 0 Å². The summed E-state index contributed by atoms with van der Waals surface area (Å²) in [5.74, 6) is 0.206. The zero-order valence-corrected chi connectivity index (χ0v) is 14.3. The number of piperidine rings is 1. The number of amides is 2. The molecule has 1 spiro atoms. The highest BCUT2D eigenvalue weighted by atomic mass is 16.5. The average Bonchev–Trinajstić information content (AvgIpc) is 2.56. The van der Waals surface area contributed by atoms with Crippen molar-refractivity contribution >= 4 is 11.8 Å². The molecule has 5 heteroatoms. The van der Waals surface area contributed by atoms with Crippen molar-refractivity contribution < 1.29 is 14.3 Å². The van der Waals surface area contributed by atoms with Gasteiger partial charge in [0, 0.05) is 32.7 Å². The molecule has 1 N–H and O–H groups in total. The van der Waals surface area contributed by atoms with E-state index in [1.807, 2.05) is 35.2 Å².